The van der Waals surface area contributed by atoms with Crippen molar-refractivity contribution in [3.05, 3.63) is 6.92 Å². The van der Waals surface area contributed by atoms with Crippen molar-refractivity contribution >= 4 is 0 Å². The Kier molecular flexibility index (Phi) is 3.20. The van der Waals surface area contributed by atoms with Crippen LogP contribution >= 0.6 is 0 Å². The van der Waals surface area contributed by atoms with Gasteiger partial charge in [-0.1, -0.05) is 20.8 Å². The highest BCUT2D eigenvalue weighted by Crippen LogP contribution is 2.12. The fourth-order valence-electron chi connectivity index (χ4n) is 0.842. The molecule has 0 fully saturated rings. The molecule has 55 valence electrons. The van der Waals surface area contributed by atoms with Gasteiger partial charge in [0.15, 0.2) is 0 Å². The van der Waals surface area contributed by atoms with Crippen molar-refractivity contribution in [2.75, 3.05) is 20.1 Å². The summed E-state index contributed by atoms with van der Waals surface area (Å²) >= 11 is 0. The van der Waals surface area contributed by atoms with Gasteiger partial charge in [-0.3, -0.25) is 0 Å². The van der Waals surface area contributed by atoms with Crippen LogP contribution in [0.1, 0.15) is 20.8 Å². The summed E-state index contributed by atoms with van der Waals surface area (Å²) in [5, 5.41) is 0. The van der Waals surface area contributed by atoms with Crippen LogP contribution in [0, 0.1) is 12.3 Å². The van der Waals surface area contributed by atoms with Crippen LogP contribution < -0.4 is 0 Å². The van der Waals surface area contributed by atoms with Gasteiger partial charge in [-0.15, -0.1) is 0 Å². The predicted octanol–water partition coefficient (Wildman–Crippen LogP) is 1.80. The van der Waals surface area contributed by atoms with Crippen molar-refractivity contribution in [3.63, 3.8) is 0 Å². The lowest BCUT2D eigenvalue weighted by Gasteiger charge is -2.24. The molecule has 0 saturated heterocycles. The molecule has 0 heterocycles. The summed E-state index contributed by atoms with van der Waals surface area (Å²) in [7, 11) is 2.12. The molecule has 0 amide bonds. The van der Waals surface area contributed by atoms with Gasteiger partial charge in [-0.05, 0) is 25.9 Å². The van der Waals surface area contributed by atoms with Crippen LogP contribution in [-0.4, -0.2) is 25.0 Å². The Hall–Kier alpha value is -0.0400. The molecule has 0 rings (SSSR count). The normalized spacial score (nSPS) is 12.7. The Morgan fingerprint density at radius 3 is 2.00 bits per heavy atom. The molecule has 0 spiro atoms. The largest absolute Gasteiger partial charge is 0.306 e. The first kappa shape index (κ1) is 8.96. The maximum atomic E-state index is 4.02. The SMILES string of the molecule is [CH2]C(C)(C)CN(C)CC. The first-order valence-electron chi connectivity index (χ1n) is 3.49. The van der Waals surface area contributed by atoms with Gasteiger partial charge in [0, 0.05) is 6.54 Å². The molecule has 0 aromatic heterocycles. The minimum absolute atomic E-state index is 0.199. The maximum absolute atomic E-state index is 4.02. The third-order valence-electron chi connectivity index (χ3n) is 1.24. The van der Waals surface area contributed by atoms with Crippen molar-refractivity contribution < 1.29 is 0 Å². The van der Waals surface area contributed by atoms with E-state index in [1.54, 1.807) is 0 Å². The lowest BCUT2D eigenvalue weighted by Crippen LogP contribution is -2.29. The van der Waals surface area contributed by atoms with E-state index in [0.29, 0.717) is 0 Å². The lowest BCUT2D eigenvalue weighted by atomic mass is 9.96. The van der Waals surface area contributed by atoms with Crippen LogP contribution in [0.25, 0.3) is 0 Å². The van der Waals surface area contributed by atoms with Gasteiger partial charge < -0.3 is 4.90 Å². The van der Waals surface area contributed by atoms with E-state index < -0.39 is 0 Å². The highest BCUT2D eigenvalue weighted by Gasteiger charge is 2.11. The predicted molar refractivity (Wildman–Crippen MR) is 42.3 cm³/mol. The fraction of sp³-hybridized carbons (Fsp3) is 0.875. The molecule has 0 aromatic carbocycles. The summed E-state index contributed by atoms with van der Waals surface area (Å²) in [5.41, 5.74) is 0.199. The van der Waals surface area contributed by atoms with Gasteiger partial charge in [0.25, 0.3) is 0 Å². The van der Waals surface area contributed by atoms with Crippen LogP contribution in [-0.2, 0) is 0 Å². The average Bonchev–Trinajstić information content (AvgIpc) is 1.62. The number of hydrogen-bond acceptors (Lipinski definition) is 1. The maximum Gasteiger partial charge on any atom is 0.00295 e. The Balaban J connectivity index is 3.47. The van der Waals surface area contributed by atoms with E-state index in [1.165, 1.54) is 0 Å². The zero-order chi connectivity index (χ0) is 7.49. The molecule has 1 radical (unpaired) electrons. The van der Waals surface area contributed by atoms with Crippen LogP contribution in [0.15, 0.2) is 0 Å². The minimum Gasteiger partial charge on any atom is -0.306 e. The van der Waals surface area contributed by atoms with Crippen LogP contribution in [0.3, 0.4) is 0 Å². The van der Waals surface area contributed by atoms with Crippen LogP contribution in [0.5, 0.6) is 0 Å². The highest BCUT2D eigenvalue weighted by molar-refractivity contribution is 4.73. The van der Waals surface area contributed by atoms with Crippen LogP contribution in [0.2, 0.25) is 0 Å². The van der Waals surface area contributed by atoms with E-state index in [0.717, 1.165) is 13.1 Å². The van der Waals surface area contributed by atoms with Gasteiger partial charge in [-0.2, -0.15) is 0 Å². The summed E-state index contributed by atoms with van der Waals surface area (Å²) in [6, 6.07) is 0. The van der Waals surface area contributed by atoms with E-state index >= 15 is 0 Å². The van der Waals surface area contributed by atoms with Gasteiger partial charge >= 0.3 is 0 Å². The van der Waals surface area contributed by atoms with Gasteiger partial charge in [0.05, 0.1) is 0 Å². The summed E-state index contributed by atoms with van der Waals surface area (Å²) in [6.45, 7) is 12.7. The van der Waals surface area contributed by atoms with E-state index in [4.69, 9.17) is 0 Å². The molecule has 0 unspecified atom stereocenters. The molecular formula is C8H18N. The molecule has 0 saturated carbocycles. The molecule has 1 heteroatoms. The zero-order valence-corrected chi connectivity index (χ0v) is 7.07. The fourth-order valence-corrected chi connectivity index (χ4v) is 0.842. The number of nitrogens with zero attached hydrogens (tertiary/aromatic N) is 1. The summed E-state index contributed by atoms with van der Waals surface area (Å²) in [6.07, 6.45) is 0. The second-order valence-corrected chi connectivity index (χ2v) is 3.49. The molecule has 9 heavy (non-hydrogen) atoms. The Bertz CT molecular complexity index is 71.1. The quantitative estimate of drug-likeness (QED) is 0.560. The van der Waals surface area contributed by atoms with E-state index in [2.05, 4.69) is 39.6 Å². The molecule has 0 bridgehead atoms. The third kappa shape index (κ3) is 5.84. The van der Waals surface area contributed by atoms with Crippen LogP contribution in [0.4, 0.5) is 0 Å². The Labute approximate surface area is 59.1 Å². The molecule has 0 aliphatic rings. The first-order chi connectivity index (χ1) is 3.95. The van der Waals surface area contributed by atoms with Gasteiger partial charge in [0.1, 0.15) is 0 Å². The monoisotopic (exact) mass is 128 g/mol. The molecule has 0 aliphatic carbocycles. The second kappa shape index (κ2) is 3.21. The lowest BCUT2D eigenvalue weighted by molar-refractivity contribution is 0.259. The van der Waals surface area contributed by atoms with Crippen molar-refractivity contribution in [2.24, 2.45) is 5.41 Å². The Morgan fingerprint density at radius 2 is 1.89 bits per heavy atom. The number of rotatable bonds is 3. The van der Waals surface area contributed by atoms with E-state index in [9.17, 15) is 0 Å². The van der Waals surface area contributed by atoms with Crippen molar-refractivity contribution in [1.29, 1.82) is 0 Å². The van der Waals surface area contributed by atoms with Gasteiger partial charge in [0.2, 0.25) is 0 Å². The summed E-state index contributed by atoms with van der Waals surface area (Å²) in [5.74, 6) is 0. The highest BCUT2D eigenvalue weighted by atomic mass is 15.1. The first-order valence-corrected chi connectivity index (χ1v) is 3.49. The molecular weight excluding hydrogens is 110 g/mol. The minimum atomic E-state index is 0.199. The third-order valence-corrected chi connectivity index (χ3v) is 1.24. The summed E-state index contributed by atoms with van der Waals surface area (Å²) < 4.78 is 0. The topological polar surface area (TPSA) is 3.24 Å². The van der Waals surface area contributed by atoms with E-state index in [1.807, 2.05) is 0 Å². The molecule has 0 atom stereocenters. The average molecular weight is 128 g/mol. The molecule has 0 N–H and O–H groups in total. The molecule has 0 aliphatic heterocycles. The number of hydrogen-bond donors (Lipinski definition) is 0. The smallest absolute Gasteiger partial charge is 0.00295 e. The van der Waals surface area contributed by atoms with Crippen molar-refractivity contribution in [3.8, 4) is 0 Å². The zero-order valence-electron chi connectivity index (χ0n) is 7.07. The Morgan fingerprint density at radius 1 is 1.44 bits per heavy atom. The summed E-state index contributed by atoms with van der Waals surface area (Å²) in [4.78, 5) is 2.27. The van der Waals surface area contributed by atoms with Crippen molar-refractivity contribution in [2.45, 2.75) is 20.8 Å². The van der Waals surface area contributed by atoms with E-state index in [-0.39, 0.29) is 5.41 Å². The standard InChI is InChI=1S/C8H18N/c1-6-9(5)7-8(2,3)4/h2,6-7H2,1,3-5H3. The van der Waals surface area contributed by atoms with Gasteiger partial charge in [-0.25, -0.2) is 0 Å². The molecule has 1 nitrogen and oxygen atoms in total. The van der Waals surface area contributed by atoms with Crippen molar-refractivity contribution in [1.82, 2.24) is 4.90 Å². The molecule has 0 aromatic rings. The second-order valence-electron chi connectivity index (χ2n) is 3.49.